The molecule has 5 aromatic rings. The van der Waals surface area contributed by atoms with E-state index in [1.54, 1.807) is 18.2 Å². The van der Waals surface area contributed by atoms with Crippen LogP contribution in [0.3, 0.4) is 0 Å². The van der Waals surface area contributed by atoms with Crippen molar-refractivity contribution in [3.05, 3.63) is 126 Å². The van der Waals surface area contributed by atoms with Crippen molar-refractivity contribution in [2.75, 3.05) is 5.01 Å². The predicted molar refractivity (Wildman–Crippen MR) is 142 cm³/mol. The Kier molecular flexibility index (Phi) is 5.43. The molecular formula is C31H22N2O3. The van der Waals surface area contributed by atoms with Crippen LogP contribution >= 0.6 is 0 Å². The Morgan fingerprint density at radius 1 is 0.694 bits per heavy atom. The molecule has 0 bridgehead atoms. The van der Waals surface area contributed by atoms with E-state index in [1.807, 2.05) is 78.9 Å². The number of nitrogens with one attached hydrogen (secondary N) is 1. The molecule has 1 aliphatic heterocycles. The maximum atomic E-state index is 13.2. The number of hydrazine groups is 1. The number of carbonyl (C=O) groups is 2. The van der Waals surface area contributed by atoms with Gasteiger partial charge < -0.3 is 4.74 Å². The molecule has 0 aromatic heterocycles. The Morgan fingerprint density at radius 2 is 1.36 bits per heavy atom. The number of carbonyl (C=O) groups excluding carboxylic acids is 2. The van der Waals surface area contributed by atoms with E-state index in [2.05, 4.69) is 23.6 Å². The van der Waals surface area contributed by atoms with Gasteiger partial charge in [0.15, 0.2) is 0 Å². The normalized spacial score (nSPS) is 14.6. The summed E-state index contributed by atoms with van der Waals surface area (Å²) in [6.45, 7) is 0.353. The topological polar surface area (TPSA) is 58.6 Å². The summed E-state index contributed by atoms with van der Waals surface area (Å²) >= 11 is 0. The van der Waals surface area contributed by atoms with Gasteiger partial charge in [-0.2, -0.15) is 0 Å². The van der Waals surface area contributed by atoms with Crippen LogP contribution < -0.4 is 15.2 Å². The zero-order chi connectivity index (χ0) is 24.5. The maximum Gasteiger partial charge on any atom is 0.282 e. The molecule has 5 heteroatoms. The van der Waals surface area contributed by atoms with E-state index in [4.69, 9.17) is 4.74 Å². The molecule has 1 N–H and O–H groups in total. The van der Waals surface area contributed by atoms with Crippen molar-refractivity contribution in [1.29, 1.82) is 0 Å². The summed E-state index contributed by atoms with van der Waals surface area (Å²) in [7, 11) is 0. The number of anilines is 1. The molecule has 0 aliphatic carbocycles. The zero-order valence-electron chi connectivity index (χ0n) is 19.3. The van der Waals surface area contributed by atoms with Gasteiger partial charge in [0.2, 0.25) is 0 Å². The molecule has 5 nitrogen and oxygen atoms in total. The molecule has 5 aromatic carbocycles. The van der Waals surface area contributed by atoms with Gasteiger partial charge in [0.05, 0.1) is 5.69 Å². The Hall–Kier alpha value is -4.90. The zero-order valence-corrected chi connectivity index (χ0v) is 19.3. The van der Waals surface area contributed by atoms with Crippen LogP contribution in [0.1, 0.15) is 11.1 Å². The highest BCUT2D eigenvalue weighted by Crippen LogP contribution is 2.33. The number of para-hydroxylation sites is 1. The predicted octanol–water partition coefficient (Wildman–Crippen LogP) is 6.03. The standard InChI is InChI=1S/C31H22N2O3/c34-30-28(31(35)33(32-30)24-13-2-1-3-14-24)19-27-26-16-7-5-10-22(26)17-18-29(27)36-20-23-12-8-11-21-9-4-6-15-25(21)23/h1-19H,20H2,(H,32,34)/b28-19-. The largest absolute Gasteiger partial charge is 0.488 e. The first-order chi connectivity index (χ1) is 17.7. The van der Waals surface area contributed by atoms with E-state index >= 15 is 0 Å². The van der Waals surface area contributed by atoms with Gasteiger partial charge in [-0.05, 0) is 51.4 Å². The SMILES string of the molecule is O=C1NN(c2ccccc2)C(=O)/C1=C\c1c(OCc2cccc3ccccc23)ccc2ccccc12. The van der Waals surface area contributed by atoms with Crippen LogP contribution in [0.2, 0.25) is 0 Å². The summed E-state index contributed by atoms with van der Waals surface area (Å²) in [5.41, 5.74) is 5.09. The number of hydrogen-bond donors (Lipinski definition) is 1. The van der Waals surface area contributed by atoms with E-state index in [1.165, 1.54) is 5.01 Å². The van der Waals surface area contributed by atoms with Crippen molar-refractivity contribution in [3.63, 3.8) is 0 Å². The molecule has 1 saturated heterocycles. The first-order valence-electron chi connectivity index (χ1n) is 11.7. The van der Waals surface area contributed by atoms with Crippen molar-refractivity contribution in [2.24, 2.45) is 0 Å². The lowest BCUT2D eigenvalue weighted by atomic mass is 10.0. The summed E-state index contributed by atoms with van der Waals surface area (Å²) in [5, 5.41) is 5.45. The van der Waals surface area contributed by atoms with Crippen LogP contribution in [-0.2, 0) is 16.2 Å². The molecule has 36 heavy (non-hydrogen) atoms. The average molecular weight is 471 g/mol. The molecule has 1 heterocycles. The minimum atomic E-state index is -0.447. The van der Waals surface area contributed by atoms with E-state index in [0.717, 1.165) is 27.1 Å². The van der Waals surface area contributed by atoms with E-state index < -0.39 is 11.8 Å². The lowest BCUT2D eigenvalue weighted by Gasteiger charge is -2.14. The molecule has 1 fully saturated rings. The number of nitrogens with zero attached hydrogens (tertiary/aromatic N) is 1. The third-order valence-electron chi connectivity index (χ3n) is 6.39. The van der Waals surface area contributed by atoms with Crippen molar-refractivity contribution in [3.8, 4) is 5.75 Å². The second-order valence-corrected chi connectivity index (χ2v) is 8.60. The van der Waals surface area contributed by atoms with Gasteiger partial charge in [-0.15, -0.1) is 0 Å². The molecule has 0 saturated carbocycles. The Bertz CT molecular complexity index is 1650. The number of benzene rings is 5. The fourth-order valence-electron chi connectivity index (χ4n) is 4.58. The lowest BCUT2D eigenvalue weighted by Crippen LogP contribution is -2.35. The first kappa shape index (κ1) is 21.6. The molecule has 0 atom stereocenters. The Labute approximate surface area is 208 Å². The summed E-state index contributed by atoms with van der Waals surface area (Å²) < 4.78 is 6.33. The van der Waals surface area contributed by atoms with Crippen molar-refractivity contribution < 1.29 is 14.3 Å². The van der Waals surface area contributed by atoms with Crippen LogP contribution in [0.15, 0.2) is 115 Å². The summed E-state index contributed by atoms with van der Waals surface area (Å²) in [4.78, 5) is 26.1. The van der Waals surface area contributed by atoms with Crippen LogP contribution in [0.5, 0.6) is 5.75 Å². The van der Waals surface area contributed by atoms with Gasteiger partial charge in [0.1, 0.15) is 17.9 Å². The Morgan fingerprint density at radius 3 is 2.17 bits per heavy atom. The second kappa shape index (κ2) is 9.04. The average Bonchev–Trinajstić information content (AvgIpc) is 3.21. The lowest BCUT2D eigenvalue weighted by molar-refractivity contribution is -0.117. The van der Waals surface area contributed by atoms with Gasteiger partial charge in [0.25, 0.3) is 11.8 Å². The fraction of sp³-hybridized carbons (Fsp3) is 0.0323. The number of fused-ring (bicyclic) bond motifs is 2. The Balaban J connectivity index is 1.40. The highest BCUT2D eigenvalue weighted by atomic mass is 16.5. The number of rotatable bonds is 5. The fourth-order valence-corrected chi connectivity index (χ4v) is 4.58. The third-order valence-corrected chi connectivity index (χ3v) is 6.39. The maximum absolute atomic E-state index is 13.2. The van der Waals surface area contributed by atoms with Crippen LogP contribution in [0.4, 0.5) is 5.69 Å². The van der Waals surface area contributed by atoms with Gasteiger partial charge >= 0.3 is 0 Å². The molecule has 0 spiro atoms. The van der Waals surface area contributed by atoms with E-state index in [9.17, 15) is 9.59 Å². The minimum absolute atomic E-state index is 0.0604. The van der Waals surface area contributed by atoms with Gasteiger partial charge in [0, 0.05) is 5.56 Å². The molecule has 0 unspecified atom stereocenters. The quantitative estimate of drug-likeness (QED) is 0.252. The number of hydrogen-bond acceptors (Lipinski definition) is 3. The minimum Gasteiger partial charge on any atom is -0.488 e. The molecule has 6 rings (SSSR count). The number of amides is 2. The molecular weight excluding hydrogens is 448 g/mol. The van der Waals surface area contributed by atoms with E-state index in [-0.39, 0.29) is 5.57 Å². The number of ether oxygens (including phenoxy) is 1. The smallest absolute Gasteiger partial charge is 0.282 e. The van der Waals surface area contributed by atoms with Crippen molar-refractivity contribution in [1.82, 2.24) is 5.43 Å². The summed E-state index contributed by atoms with van der Waals surface area (Å²) in [6.07, 6.45) is 1.64. The summed E-state index contributed by atoms with van der Waals surface area (Å²) in [5.74, 6) is -0.246. The molecule has 2 amide bonds. The second-order valence-electron chi connectivity index (χ2n) is 8.60. The van der Waals surface area contributed by atoms with Gasteiger partial charge in [-0.25, -0.2) is 5.01 Å². The van der Waals surface area contributed by atoms with Gasteiger partial charge in [-0.3, -0.25) is 15.0 Å². The van der Waals surface area contributed by atoms with Crippen LogP contribution in [0, 0.1) is 0 Å². The monoisotopic (exact) mass is 470 g/mol. The van der Waals surface area contributed by atoms with E-state index in [0.29, 0.717) is 23.6 Å². The summed E-state index contributed by atoms with van der Waals surface area (Å²) in [6, 6.07) is 35.1. The molecule has 174 valence electrons. The third kappa shape index (κ3) is 3.87. The highest BCUT2D eigenvalue weighted by Gasteiger charge is 2.34. The van der Waals surface area contributed by atoms with Crippen LogP contribution in [0.25, 0.3) is 27.6 Å². The van der Waals surface area contributed by atoms with Crippen molar-refractivity contribution in [2.45, 2.75) is 6.61 Å². The molecule has 0 radical (unpaired) electrons. The van der Waals surface area contributed by atoms with Crippen LogP contribution in [-0.4, -0.2) is 11.8 Å². The van der Waals surface area contributed by atoms with Gasteiger partial charge in [-0.1, -0.05) is 91.0 Å². The highest BCUT2D eigenvalue weighted by molar-refractivity contribution is 6.32. The van der Waals surface area contributed by atoms with Crippen molar-refractivity contribution >= 4 is 45.1 Å². The molecule has 1 aliphatic rings. The first-order valence-corrected chi connectivity index (χ1v) is 11.7.